The highest BCUT2D eigenvalue weighted by atomic mass is 15.0. The van der Waals surface area contributed by atoms with Gasteiger partial charge < -0.3 is 10.7 Å². The number of nitrogens with zero attached hydrogens (tertiary/aromatic N) is 1. The van der Waals surface area contributed by atoms with Crippen molar-refractivity contribution in [1.29, 1.82) is 0 Å². The number of nitrogens with one attached hydrogen (secondary N) is 1. The van der Waals surface area contributed by atoms with Gasteiger partial charge in [0.05, 0.1) is 5.54 Å². The van der Waals surface area contributed by atoms with Crippen molar-refractivity contribution in [3.05, 3.63) is 18.2 Å². The summed E-state index contributed by atoms with van der Waals surface area (Å²) in [6.07, 6.45) is 7.12. The fourth-order valence-corrected chi connectivity index (χ4v) is 3.04. The second-order valence-electron chi connectivity index (χ2n) is 5.79. The van der Waals surface area contributed by atoms with Crippen LogP contribution in [0.5, 0.6) is 0 Å². The number of aromatic nitrogens is 2. The third-order valence-corrected chi connectivity index (χ3v) is 3.69. The van der Waals surface area contributed by atoms with Crippen LogP contribution in [0.25, 0.3) is 0 Å². The Bertz CT molecular complexity index is 323. The molecule has 0 amide bonds. The van der Waals surface area contributed by atoms with Gasteiger partial charge in [0, 0.05) is 12.4 Å². The minimum Gasteiger partial charge on any atom is -0.347 e. The van der Waals surface area contributed by atoms with Gasteiger partial charge in [-0.25, -0.2) is 4.98 Å². The molecule has 1 aromatic rings. The van der Waals surface area contributed by atoms with E-state index >= 15 is 0 Å². The molecule has 3 nitrogen and oxygen atoms in total. The molecule has 0 radical (unpaired) electrons. The molecule has 0 bridgehead atoms. The van der Waals surface area contributed by atoms with Crippen molar-refractivity contribution in [1.82, 2.24) is 9.97 Å². The summed E-state index contributed by atoms with van der Waals surface area (Å²) in [7, 11) is 0. The zero-order valence-electron chi connectivity index (χ0n) is 9.88. The molecule has 1 fully saturated rings. The van der Waals surface area contributed by atoms with Crippen LogP contribution in [-0.2, 0) is 5.54 Å². The van der Waals surface area contributed by atoms with Gasteiger partial charge in [-0.1, -0.05) is 27.2 Å². The molecule has 0 spiro atoms. The Morgan fingerprint density at radius 2 is 2.27 bits per heavy atom. The van der Waals surface area contributed by atoms with Gasteiger partial charge in [-0.15, -0.1) is 0 Å². The van der Waals surface area contributed by atoms with Crippen molar-refractivity contribution in [2.75, 3.05) is 0 Å². The summed E-state index contributed by atoms with van der Waals surface area (Å²) >= 11 is 0. The van der Waals surface area contributed by atoms with Crippen LogP contribution in [0.2, 0.25) is 0 Å². The van der Waals surface area contributed by atoms with E-state index in [1.807, 2.05) is 6.20 Å². The molecule has 3 N–H and O–H groups in total. The quantitative estimate of drug-likeness (QED) is 0.743. The first-order valence-corrected chi connectivity index (χ1v) is 5.73. The largest absolute Gasteiger partial charge is 0.347 e. The predicted molar refractivity (Wildman–Crippen MR) is 61.2 cm³/mol. The summed E-state index contributed by atoms with van der Waals surface area (Å²) in [6, 6.07) is 0. The summed E-state index contributed by atoms with van der Waals surface area (Å²) in [5, 5.41) is 0. The maximum atomic E-state index is 6.56. The van der Waals surface area contributed by atoms with E-state index in [1.54, 1.807) is 6.20 Å². The van der Waals surface area contributed by atoms with Crippen LogP contribution >= 0.6 is 0 Å². The number of aromatic amines is 1. The molecule has 1 aliphatic rings. The molecule has 2 rings (SSSR count). The van der Waals surface area contributed by atoms with E-state index < -0.39 is 0 Å². The molecule has 0 aromatic carbocycles. The molecule has 0 saturated heterocycles. The molecule has 15 heavy (non-hydrogen) atoms. The fraction of sp³-hybridized carbons (Fsp3) is 0.750. The summed E-state index contributed by atoms with van der Waals surface area (Å²) in [6.45, 7) is 6.81. The van der Waals surface area contributed by atoms with Crippen molar-refractivity contribution in [2.24, 2.45) is 17.1 Å². The van der Waals surface area contributed by atoms with Crippen molar-refractivity contribution >= 4 is 0 Å². The number of rotatable bonds is 1. The molecule has 1 aliphatic carbocycles. The summed E-state index contributed by atoms with van der Waals surface area (Å²) in [5.41, 5.74) is 6.56. The first-order valence-electron chi connectivity index (χ1n) is 5.73. The standard InChI is InChI=1S/C12H21N3/c1-11(2,3)9-5-4-6-12(9,13)10-14-7-8-15-10/h7-9H,4-6,13H2,1-3H3,(H,14,15)/t9-,12+/m1/s1. The average Bonchev–Trinajstić information content (AvgIpc) is 2.69. The number of nitrogens with two attached hydrogens (primary N) is 1. The number of H-pyrrole nitrogens is 1. The zero-order chi connectivity index (χ0) is 11.1. The van der Waals surface area contributed by atoms with Gasteiger partial charge >= 0.3 is 0 Å². The van der Waals surface area contributed by atoms with Crippen LogP contribution < -0.4 is 5.73 Å². The Balaban J connectivity index is 2.35. The van der Waals surface area contributed by atoms with E-state index in [0.717, 1.165) is 12.2 Å². The Hall–Kier alpha value is -0.830. The molecule has 1 aromatic heterocycles. The molecule has 0 unspecified atom stereocenters. The molecular formula is C12H21N3. The van der Waals surface area contributed by atoms with Crippen LogP contribution in [0.4, 0.5) is 0 Å². The third-order valence-electron chi connectivity index (χ3n) is 3.69. The van der Waals surface area contributed by atoms with Crippen LogP contribution in [0.15, 0.2) is 12.4 Å². The SMILES string of the molecule is CC(C)(C)[C@H]1CCC[C@@]1(N)c1ncc[nH]1. The Morgan fingerprint density at radius 1 is 1.53 bits per heavy atom. The predicted octanol–water partition coefficient (Wildman–Crippen LogP) is 2.41. The fourth-order valence-electron chi connectivity index (χ4n) is 3.04. The molecule has 84 valence electrons. The smallest absolute Gasteiger partial charge is 0.126 e. The lowest BCUT2D eigenvalue weighted by molar-refractivity contribution is 0.150. The van der Waals surface area contributed by atoms with E-state index in [4.69, 9.17) is 5.73 Å². The molecule has 3 heteroatoms. The van der Waals surface area contributed by atoms with Crippen molar-refractivity contribution in [3.63, 3.8) is 0 Å². The van der Waals surface area contributed by atoms with Crippen molar-refractivity contribution in [3.8, 4) is 0 Å². The van der Waals surface area contributed by atoms with Gasteiger partial charge in [-0.3, -0.25) is 0 Å². The average molecular weight is 207 g/mol. The second kappa shape index (κ2) is 3.34. The van der Waals surface area contributed by atoms with Gasteiger partial charge in [-0.2, -0.15) is 0 Å². The zero-order valence-corrected chi connectivity index (χ0v) is 9.88. The normalized spacial score (nSPS) is 32.1. The lowest BCUT2D eigenvalue weighted by atomic mass is 9.71. The highest BCUT2D eigenvalue weighted by molar-refractivity contribution is 5.13. The highest BCUT2D eigenvalue weighted by Crippen LogP contribution is 2.48. The lowest BCUT2D eigenvalue weighted by Gasteiger charge is -2.38. The minimum atomic E-state index is -0.248. The molecule has 0 aliphatic heterocycles. The molecular weight excluding hydrogens is 186 g/mol. The Labute approximate surface area is 91.5 Å². The van der Waals surface area contributed by atoms with Crippen LogP contribution in [-0.4, -0.2) is 9.97 Å². The van der Waals surface area contributed by atoms with Crippen LogP contribution in [0.3, 0.4) is 0 Å². The van der Waals surface area contributed by atoms with E-state index in [2.05, 4.69) is 30.7 Å². The van der Waals surface area contributed by atoms with Gasteiger partial charge in [0.15, 0.2) is 0 Å². The maximum Gasteiger partial charge on any atom is 0.126 e. The molecule has 1 saturated carbocycles. The monoisotopic (exact) mass is 207 g/mol. The van der Waals surface area contributed by atoms with Crippen molar-refractivity contribution < 1.29 is 0 Å². The number of hydrogen-bond donors (Lipinski definition) is 2. The van der Waals surface area contributed by atoms with Gasteiger partial charge in [0.2, 0.25) is 0 Å². The van der Waals surface area contributed by atoms with E-state index in [0.29, 0.717) is 5.92 Å². The summed E-state index contributed by atoms with van der Waals surface area (Å²) in [5.74, 6) is 1.47. The Kier molecular flexibility index (Phi) is 2.38. The topological polar surface area (TPSA) is 54.7 Å². The Morgan fingerprint density at radius 3 is 2.80 bits per heavy atom. The summed E-state index contributed by atoms with van der Waals surface area (Å²) in [4.78, 5) is 7.54. The van der Waals surface area contributed by atoms with E-state index in [-0.39, 0.29) is 11.0 Å². The summed E-state index contributed by atoms with van der Waals surface area (Å²) < 4.78 is 0. The molecule has 2 atom stereocenters. The third kappa shape index (κ3) is 1.69. The van der Waals surface area contributed by atoms with Gasteiger partial charge in [0.25, 0.3) is 0 Å². The van der Waals surface area contributed by atoms with E-state index in [1.165, 1.54) is 12.8 Å². The van der Waals surface area contributed by atoms with Crippen molar-refractivity contribution in [2.45, 2.75) is 45.6 Å². The van der Waals surface area contributed by atoms with Gasteiger partial charge in [0.1, 0.15) is 5.82 Å². The van der Waals surface area contributed by atoms with Gasteiger partial charge in [-0.05, 0) is 24.2 Å². The first kappa shape index (κ1) is 10.7. The van der Waals surface area contributed by atoms with E-state index in [9.17, 15) is 0 Å². The van der Waals surface area contributed by atoms with Crippen LogP contribution in [0.1, 0.15) is 45.9 Å². The number of imidazole rings is 1. The van der Waals surface area contributed by atoms with Crippen LogP contribution in [0, 0.1) is 11.3 Å². The first-order chi connectivity index (χ1) is 6.94. The highest BCUT2D eigenvalue weighted by Gasteiger charge is 2.47. The minimum absolute atomic E-state index is 0.248. The lowest BCUT2D eigenvalue weighted by Crippen LogP contribution is -2.46. The molecule has 1 heterocycles. The maximum absolute atomic E-state index is 6.56. The number of hydrogen-bond acceptors (Lipinski definition) is 2. The second-order valence-corrected chi connectivity index (χ2v) is 5.79.